The first-order valence-corrected chi connectivity index (χ1v) is 8.60. The zero-order valence-electron chi connectivity index (χ0n) is 13.5. The number of rotatable bonds is 2. The van der Waals surface area contributed by atoms with Gasteiger partial charge in [0.1, 0.15) is 5.52 Å². The van der Waals surface area contributed by atoms with Crippen LogP contribution >= 0.6 is 0 Å². The molecule has 0 aliphatic carbocycles. The van der Waals surface area contributed by atoms with E-state index in [1.807, 2.05) is 24.3 Å². The molecule has 1 aromatic carbocycles. The maximum atomic E-state index is 5.97. The van der Waals surface area contributed by atoms with E-state index in [0.29, 0.717) is 18.1 Å². The molecule has 0 amide bonds. The van der Waals surface area contributed by atoms with Gasteiger partial charge in [0.2, 0.25) is 0 Å². The Morgan fingerprint density at radius 3 is 2.64 bits per heavy atom. The van der Waals surface area contributed by atoms with Gasteiger partial charge >= 0.3 is 0 Å². The van der Waals surface area contributed by atoms with Crippen LogP contribution in [0.25, 0.3) is 11.1 Å². The maximum absolute atomic E-state index is 5.97. The van der Waals surface area contributed by atoms with Crippen molar-refractivity contribution in [1.29, 1.82) is 0 Å². The molecule has 2 aliphatic rings. The Bertz CT molecular complexity index is 610. The molecule has 22 heavy (non-hydrogen) atoms. The Morgan fingerprint density at radius 2 is 1.86 bits per heavy atom. The molecule has 0 N–H and O–H groups in total. The molecular weight excluding hydrogens is 274 g/mol. The molecule has 4 nitrogen and oxygen atoms in total. The molecule has 2 fully saturated rings. The summed E-state index contributed by atoms with van der Waals surface area (Å²) >= 11 is 0. The van der Waals surface area contributed by atoms with Crippen LogP contribution in [0.15, 0.2) is 28.7 Å². The highest BCUT2D eigenvalue weighted by Crippen LogP contribution is 2.31. The molecule has 2 aliphatic heterocycles. The molecule has 118 valence electrons. The SMILES string of the molecule is C[C@@H]1CC[C@@H](C)N1[C@H]1CCCN(c2nc3ccccc3o2)C1. The van der Waals surface area contributed by atoms with Crippen LogP contribution in [-0.2, 0) is 0 Å². The Morgan fingerprint density at radius 1 is 1.09 bits per heavy atom. The number of likely N-dealkylation sites (tertiary alicyclic amines) is 1. The predicted molar refractivity (Wildman–Crippen MR) is 89.2 cm³/mol. The highest BCUT2D eigenvalue weighted by atomic mass is 16.4. The summed E-state index contributed by atoms with van der Waals surface area (Å²) in [5, 5.41) is 0. The first kappa shape index (κ1) is 14.1. The van der Waals surface area contributed by atoms with Crippen molar-refractivity contribution in [2.24, 2.45) is 0 Å². The standard InChI is InChI=1S/C18H25N3O/c1-13-9-10-14(2)21(13)15-6-5-11-20(12-15)18-19-16-7-3-4-8-17(16)22-18/h3-4,7-8,13-15H,5-6,9-12H2,1-2H3/t13-,14-,15+/m1/s1. The molecule has 0 spiro atoms. The second kappa shape index (κ2) is 5.58. The van der Waals surface area contributed by atoms with Crippen molar-refractivity contribution in [3.05, 3.63) is 24.3 Å². The fourth-order valence-electron chi connectivity index (χ4n) is 4.30. The fourth-order valence-corrected chi connectivity index (χ4v) is 4.30. The van der Waals surface area contributed by atoms with Gasteiger partial charge in [-0.2, -0.15) is 4.98 Å². The summed E-state index contributed by atoms with van der Waals surface area (Å²) in [7, 11) is 0. The second-order valence-corrected chi connectivity index (χ2v) is 6.93. The third-order valence-electron chi connectivity index (χ3n) is 5.39. The number of para-hydroxylation sites is 2. The lowest BCUT2D eigenvalue weighted by molar-refractivity contribution is 0.128. The van der Waals surface area contributed by atoms with E-state index in [0.717, 1.165) is 30.2 Å². The Hall–Kier alpha value is -1.55. The molecule has 0 radical (unpaired) electrons. The maximum Gasteiger partial charge on any atom is 0.298 e. The van der Waals surface area contributed by atoms with Gasteiger partial charge in [-0.15, -0.1) is 0 Å². The van der Waals surface area contributed by atoms with Gasteiger partial charge in [-0.25, -0.2) is 0 Å². The van der Waals surface area contributed by atoms with Crippen LogP contribution in [-0.4, -0.2) is 41.1 Å². The van der Waals surface area contributed by atoms with Crippen molar-refractivity contribution < 1.29 is 4.42 Å². The van der Waals surface area contributed by atoms with E-state index in [2.05, 4.69) is 28.6 Å². The summed E-state index contributed by atoms with van der Waals surface area (Å²) in [6, 6.07) is 10.9. The van der Waals surface area contributed by atoms with E-state index in [9.17, 15) is 0 Å². The van der Waals surface area contributed by atoms with Crippen molar-refractivity contribution in [2.45, 2.75) is 57.7 Å². The van der Waals surface area contributed by atoms with E-state index < -0.39 is 0 Å². The molecule has 1 aromatic heterocycles. The van der Waals surface area contributed by atoms with Crippen molar-refractivity contribution in [2.75, 3.05) is 18.0 Å². The first-order valence-electron chi connectivity index (χ1n) is 8.60. The van der Waals surface area contributed by atoms with Gasteiger partial charge in [0.15, 0.2) is 5.58 Å². The van der Waals surface area contributed by atoms with Crippen molar-refractivity contribution in [1.82, 2.24) is 9.88 Å². The van der Waals surface area contributed by atoms with Gasteiger partial charge in [0, 0.05) is 31.2 Å². The van der Waals surface area contributed by atoms with Crippen molar-refractivity contribution in [3.8, 4) is 0 Å². The highest BCUT2D eigenvalue weighted by molar-refractivity contribution is 5.74. The van der Waals surface area contributed by atoms with Gasteiger partial charge < -0.3 is 9.32 Å². The van der Waals surface area contributed by atoms with Crippen LogP contribution in [0, 0.1) is 0 Å². The van der Waals surface area contributed by atoms with E-state index >= 15 is 0 Å². The van der Waals surface area contributed by atoms with Crippen LogP contribution in [0.2, 0.25) is 0 Å². The van der Waals surface area contributed by atoms with Gasteiger partial charge in [-0.3, -0.25) is 4.90 Å². The number of benzene rings is 1. The number of aromatic nitrogens is 1. The lowest BCUT2D eigenvalue weighted by Gasteiger charge is -2.41. The summed E-state index contributed by atoms with van der Waals surface area (Å²) in [5.74, 6) is 0. The third kappa shape index (κ3) is 2.39. The lowest BCUT2D eigenvalue weighted by Crippen LogP contribution is -2.51. The highest BCUT2D eigenvalue weighted by Gasteiger charge is 2.36. The largest absolute Gasteiger partial charge is 0.423 e. The number of nitrogens with zero attached hydrogens (tertiary/aromatic N) is 3. The van der Waals surface area contributed by atoms with E-state index in [-0.39, 0.29) is 0 Å². The Kier molecular flexibility index (Phi) is 3.57. The van der Waals surface area contributed by atoms with E-state index in [1.54, 1.807) is 0 Å². The molecule has 2 saturated heterocycles. The monoisotopic (exact) mass is 299 g/mol. The number of hydrogen-bond acceptors (Lipinski definition) is 4. The van der Waals surface area contributed by atoms with E-state index in [1.165, 1.54) is 25.7 Å². The van der Waals surface area contributed by atoms with Crippen LogP contribution in [0.1, 0.15) is 39.5 Å². The predicted octanol–water partition coefficient (Wildman–Crippen LogP) is 3.67. The minimum atomic E-state index is 0.635. The normalized spacial score (nSPS) is 30.3. The molecule has 4 rings (SSSR count). The number of oxazole rings is 1. The fraction of sp³-hybridized carbons (Fsp3) is 0.611. The summed E-state index contributed by atoms with van der Waals surface area (Å²) in [5.41, 5.74) is 1.85. The zero-order valence-corrected chi connectivity index (χ0v) is 13.5. The van der Waals surface area contributed by atoms with Crippen LogP contribution in [0.3, 0.4) is 0 Å². The molecule has 3 heterocycles. The van der Waals surface area contributed by atoms with Crippen LogP contribution in [0.4, 0.5) is 6.01 Å². The van der Waals surface area contributed by atoms with Gasteiger partial charge in [0.05, 0.1) is 0 Å². The molecule has 3 atom stereocenters. The second-order valence-electron chi connectivity index (χ2n) is 6.93. The molecule has 0 bridgehead atoms. The van der Waals surface area contributed by atoms with Gasteiger partial charge in [0.25, 0.3) is 6.01 Å². The smallest absolute Gasteiger partial charge is 0.298 e. The minimum Gasteiger partial charge on any atom is -0.423 e. The summed E-state index contributed by atoms with van der Waals surface area (Å²) in [4.78, 5) is 9.75. The first-order chi connectivity index (χ1) is 10.7. The minimum absolute atomic E-state index is 0.635. The molecule has 0 unspecified atom stereocenters. The third-order valence-corrected chi connectivity index (χ3v) is 5.39. The topological polar surface area (TPSA) is 32.5 Å². The van der Waals surface area contributed by atoms with Gasteiger partial charge in [-0.1, -0.05) is 12.1 Å². The van der Waals surface area contributed by atoms with Crippen molar-refractivity contribution >= 4 is 17.1 Å². The Balaban J connectivity index is 1.55. The molecule has 0 saturated carbocycles. The number of fused-ring (bicyclic) bond motifs is 1. The Labute approximate surface area is 132 Å². The van der Waals surface area contributed by atoms with Crippen molar-refractivity contribution in [3.63, 3.8) is 0 Å². The number of anilines is 1. The van der Waals surface area contributed by atoms with Gasteiger partial charge in [-0.05, 0) is 51.7 Å². The average molecular weight is 299 g/mol. The summed E-state index contributed by atoms with van der Waals surface area (Å²) in [6.07, 6.45) is 5.19. The average Bonchev–Trinajstić information content (AvgIpc) is 3.11. The zero-order chi connectivity index (χ0) is 15.1. The number of piperidine rings is 1. The number of hydrogen-bond donors (Lipinski definition) is 0. The van der Waals surface area contributed by atoms with Crippen LogP contribution < -0.4 is 4.90 Å². The van der Waals surface area contributed by atoms with Crippen LogP contribution in [0.5, 0.6) is 0 Å². The summed E-state index contributed by atoms with van der Waals surface area (Å²) in [6.45, 7) is 6.85. The molecule has 2 aromatic rings. The quantitative estimate of drug-likeness (QED) is 0.847. The molecular formula is C18H25N3O. The van der Waals surface area contributed by atoms with E-state index in [4.69, 9.17) is 4.42 Å². The molecule has 4 heteroatoms. The lowest BCUT2D eigenvalue weighted by atomic mass is 10.0. The summed E-state index contributed by atoms with van der Waals surface area (Å²) < 4.78 is 5.97.